The Bertz CT molecular complexity index is 1470. The Morgan fingerprint density at radius 1 is 1.11 bits per heavy atom. The highest BCUT2D eigenvalue weighted by atomic mass is 32.2. The minimum atomic E-state index is -0.383. The zero-order valence-corrected chi connectivity index (χ0v) is 20.7. The summed E-state index contributed by atoms with van der Waals surface area (Å²) < 4.78 is 11.8. The van der Waals surface area contributed by atoms with Gasteiger partial charge in [0.05, 0.1) is 42.8 Å². The van der Waals surface area contributed by atoms with Crippen LogP contribution < -0.4 is 20.5 Å². The summed E-state index contributed by atoms with van der Waals surface area (Å²) in [5.41, 5.74) is 5.10. The van der Waals surface area contributed by atoms with Crippen molar-refractivity contribution in [2.24, 2.45) is 5.10 Å². The maximum Gasteiger partial charge on any atom is 0.266 e. The molecule has 0 aliphatic rings. The largest absolute Gasteiger partial charge is 0.502 e. The molecule has 2 N–H and O–H groups in total. The van der Waals surface area contributed by atoms with Crippen LogP contribution in [0.5, 0.6) is 17.2 Å². The summed E-state index contributed by atoms with van der Waals surface area (Å²) in [6, 6.07) is 17.8. The molecule has 4 rings (SSSR count). The van der Waals surface area contributed by atoms with E-state index in [1.165, 1.54) is 25.0 Å². The Morgan fingerprint density at radius 3 is 2.44 bits per heavy atom. The first-order chi connectivity index (χ1) is 17.4. The van der Waals surface area contributed by atoms with Gasteiger partial charge in [-0.15, -0.1) is 0 Å². The number of aromatic nitrogens is 2. The molecule has 0 radical (unpaired) electrons. The number of hydrazone groups is 1. The number of phenols is 1. The molecule has 3 aromatic carbocycles. The third-order valence-electron chi connectivity index (χ3n) is 5.27. The number of phenolic OH excluding ortho intramolecular Hbond substituents is 1. The minimum absolute atomic E-state index is 0.0177. The van der Waals surface area contributed by atoms with Crippen molar-refractivity contribution in [3.63, 3.8) is 0 Å². The number of para-hydroxylation sites is 1. The number of ether oxygens (including phenoxy) is 2. The van der Waals surface area contributed by atoms with E-state index in [-0.39, 0.29) is 34.5 Å². The summed E-state index contributed by atoms with van der Waals surface area (Å²) in [5.74, 6) is -0.0916. The molecule has 0 aliphatic carbocycles. The monoisotopic (exact) mass is 504 g/mol. The van der Waals surface area contributed by atoms with Gasteiger partial charge in [0, 0.05) is 5.56 Å². The van der Waals surface area contributed by atoms with Crippen LogP contribution in [0.1, 0.15) is 11.1 Å². The molecule has 0 fully saturated rings. The number of thioether (sulfide) groups is 1. The van der Waals surface area contributed by atoms with E-state index >= 15 is 0 Å². The fourth-order valence-electron chi connectivity index (χ4n) is 3.46. The summed E-state index contributed by atoms with van der Waals surface area (Å²) in [6.07, 6.45) is 1.41. The van der Waals surface area contributed by atoms with E-state index in [4.69, 9.17) is 9.47 Å². The average molecular weight is 505 g/mol. The van der Waals surface area contributed by atoms with Gasteiger partial charge in [-0.25, -0.2) is 10.4 Å². The molecule has 1 aromatic heterocycles. The van der Waals surface area contributed by atoms with Gasteiger partial charge in [-0.05, 0) is 43.3 Å². The Morgan fingerprint density at radius 2 is 1.78 bits per heavy atom. The molecule has 9 nitrogen and oxygen atoms in total. The van der Waals surface area contributed by atoms with Crippen molar-refractivity contribution in [2.75, 3.05) is 20.0 Å². The second-order valence-electron chi connectivity index (χ2n) is 7.74. The highest BCUT2D eigenvalue weighted by Crippen LogP contribution is 2.36. The van der Waals surface area contributed by atoms with Crippen molar-refractivity contribution in [1.82, 2.24) is 15.0 Å². The molecule has 1 amide bonds. The van der Waals surface area contributed by atoms with Crippen LogP contribution in [0.15, 0.2) is 75.7 Å². The van der Waals surface area contributed by atoms with Crippen LogP contribution in [0.4, 0.5) is 0 Å². The van der Waals surface area contributed by atoms with Crippen LogP contribution in [-0.2, 0) is 4.79 Å². The van der Waals surface area contributed by atoms with Crippen LogP contribution in [-0.4, -0.2) is 46.8 Å². The lowest BCUT2D eigenvalue weighted by Gasteiger charge is -2.13. The van der Waals surface area contributed by atoms with E-state index in [0.29, 0.717) is 27.3 Å². The maximum atomic E-state index is 13.3. The summed E-state index contributed by atoms with van der Waals surface area (Å²) in [7, 11) is 2.84. The number of hydrogen-bond acceptors (Lipinski definition) is 8. The number of benzene rings is 3. The molecule has 0 spiro atoms. The first-order valence-corrected chi connectivity index (χ1v) is 11.9. The number of carbonyl (C=O) groups is 1. The van der Waals surface area contributed by atoms with Crippen LogP contribution in [0.2, 0.25) is 0 Å². The van der Waals surface area contributed by atoms with Gasteiger partial charge in [-0.3, -0.25) is 14.2 Å². The van der Waals surface area contributed by atoms with Crippen molar-refractivity contribution >= 4 is 34.8 Å². The molecule has 1 heterocycles. The third-order valence-corrected chi connectivity index (χ3v) is 6.21. The van der Waals surface area contributed by atoms with Crippen LogP contribution >= 0.6 is 11.8 Å². The number of methoxy groups -OCH3 is 2. The van der Waals surface area contributed by atoms with Gasteiger partial charge < -0.3 is 14.6 Å². The Kier molecular flexibility index (Phi) is 7.55. The fraction of sp³-hybridized carbons (Fsp3) is 0.154. The molecule has 184 valence electrons. The van der Waals surface area contributed by atoms with Crippen molar-refractivity contribution in [3.8, 4) is 22.9 Å². The van der Waals surface area contributed by atoms with E-state index in [1.807, 2.05) is 37.3 Å². The smallest absolute Gasteiger partial charge is 0.266 e. The second kappa shape index (κ2) is 11.0. The van der Waals surface area contributed by atoms with E-state index in [2.05, 4.69) is 15.5 Å². The Labute approximate surface area is 211 Å². The summed E-state index contributed by atoms with van der Waals surface area (Å²) in [6.45, 7) is 1.97. The van der Waals surface area contributed by atoms with Gasteiger partial charge in [0.25, 0.3) is 11.5 Å². The molecule has 0 saturated carbocycles. The molecule has 0 unspecified atom stereocenters. The number of nitrogens with zero attached hydrogens (tertiary/aromatic N) is 3. The Hall–Kier alpha value is -4.31. The number of hydrogen-bond donors (Lipinski definition) is 2. The zero-order valence-electron chi connectivity index (χ0n) is 19.9. The molecule has 0 aliphatic heterocycles. The van der Waals surface area contributed by atoms with Crippen LogP contribution in [0, 0.1) is 6.92 Å². The lowest BCUT2D eigenvalue weighted by molar-refractivity contribution is -0.118. The van der Waals surface area contributed by atoms with Crippen molar-refractivity contribution < 1.29 is 19.4 Å². The topological polar surface area (TPSA) is 115 Å². The molecule has 4 aromatic rings. The number of aromatic hydroxyl groups is 1. The number of carbonyl (C=O) groups excluding carboxylic acids is 1. The van der Waals surface area contributed by atoms with E-state index in [0.717, 1.165) is 17.3 Å². The van der Waals surface area contributed by atoms with Crippen LogP contribution in [0.3, 0.4) is 0 Å². The molecule has 0 bridgehead atoms. The lowest BCUT2D eigenvalue weighted by atomic mass is 10.2. The van der Waals surface area contributed by atoms with Gasteiger partial charge in [0.15, 0.2) is 16.7 Å². The summed E-state index contributed by atoms with van der Waals surface area (Å²) in [5, 5.41) is 14.9. The highest BCUT2D eigenvalue weighted by Gasteiger charge is 2.15. The first-order valence-electron chi connectivity index (χ1n) is 10.9. The number of fused-ring (bicyclic) bond motifs is 1. The van der Waals surface area contributed by atoms with E-state index in [1.54, 1.807) is 30.3 Å². The minimum Gasteiger partial charge on any atom is -0.502 e. The first kappa shape index (κ1) is 24.8. The number of amides is 1. The van der Waals surface area contributed by atoms with Gasteiger partial charge in [0.2, 0.25) is 5.75 Å². The Balaban J connectivity index is 1.53. The van der Waals surface area contributed by atoms with Crippen molar-refractivity contribution in [1.29, 1.82) is 0 Å². The van der Waals surface area contributed by atoms with Crippen molar-refractivity contribution in [2.45, 2.75) is 12.1 Å². The molecule has 0 atom stereocenters. The zero-order chi connectivity index (χ0) is 25.7. The molecule has 0 saturated heterocycles. The van der Waals surface area contributed by atoms with Gasteiger partial charge in [-0.1, -0.05) is 41.6 Å². The van der Waals surface area contributed by atoms with E-state index < -0.39 is 0 Å². The van der Waals surface area contributed by atoms with E-state index in [9.17, 15) is 14.7 Å². The normalized spacial score (nSPS) is 11.1. The SMILES string of the molecule is COc1cc(C=NNC(=O)CSc2nc3ccccc3c(=O)n2-c2ccc(C)cc2)cc(OC)c1O. The standard InChI is InChI=1S/C26H24N4O5S/c1-16-8-10-18(11-9-16)30-25(33)19-6-4-5-7-20(19)28-26(30)36-15-23(31)29-27-14-17-12-21(34-2)24(32)22(13-17)35-3/h4-14,32H,15H2,1-3H3,(H,29,31). The van der Waals surface area contributed by atoms with Gasteiger partial charge in [0.1, 0.15) is 0 Å². The average Bonchev–Trinajstić information content (AvgIpc) is 2.89. The molecule has 36 heavy (non-hydrogen) atoms. The van der Waals surface area contributed by atoms with Gasteiger partial charge >= 0.3 is 0 Å². The fourth-order valence-corrected chi connectivity index (χ4v) is 4.27. The quantitative estimate of drug-likeness (QED) is 0.163. The molecular weight excluding hydrogens is 480 g/mol. The molecular formula is C26H24N4O5S. The number of nitrogens with one attached hydrogen (secondary N) is 1. The van der Waals surface area contributed by atoms with Gasteiger partial charge in [-0.2, -0.15) is 5.10 Å². The second-order valence-corrected chi connectivity index (χ2v) is 8.69. The molecule has 10 heteroatoms. The summed E-state index contributed by atoms with van der Waals surface area (Å²) in [4.78, 5) is 30.4. The van der Waals surface area contributed by atoms with Crippen molar-refractivity contribution in [3.05, 3.63) is 82.1 Å². The third kappa shape index (κ3) is 5.33. The predicted molar refractivity (Wildman–Crippen MR) is 140 cm³/mol. The van der Waals surface area contributed by atoms with Crippen LogP contribution in [0.25, 0.3) is 16.6 Å². The highest BCUT2D eigenvalue weighted by molar-refractivity contribution is 7.99. The summed E-state index contributed by atoms with van der Waals surface area (Å²) >= 11 is 1.14. The maximum absolute atomic E-state index is 13.3. The predicted octanol–water partition coefficient (Wildman–Crippen LogP) is 3.66. The number of rotatable bonds is 8. The lowest BCUT2D eigenvalue weighted by Crippen LogP contribution is -2.24. The number of aryl methyl sites for hydroxylation is 1.